The predicted molar refractivity (Wildman–Crippen MR) is 376 cm³/mol. The quantitative estimate of drug-likeness (QED) is 0.0138. The first-order chi connectivity index (χ1) is 46.5. The molecular formula is C66H90Cl2F2MgN12O16P2. The molecule has 35 heteroatoms. The van der Waals surface area contributed by atoms with Gasteiger partial charge in [0.05, 0.1) is 52.3 Å². The topological polar surface area (TPSA) is 375 Å². The molecule has 2 aliphatic heterocycles. The van der Waals surface area contributed by atoms with Crippen LogP contribution in [0.4, 0.5) is 20.7 Å². The third-order valence-corrected chi connectivity index (χ3v) is 18.1. The fourth-order valence-electron chi connectivity index (χ4n) is 9.85. The van der Waals surface area contributed by atoms with E-state index in [9.17, 15) is 38.4 Å². The van der Waals surface area contributed by atoms with Gasteiger partial charge in [0.1, 0.15) is 47.0 Å². The molecule has 4 aromatic carbocycles. The van der Waals surface area contributed by atoms with E-state index < -0.39 is 100 Å². The molecule has 0 spiro atoms. The second kappa shape index (κ2) is 36.3. The molecule has 6 heterocycles. The summed E-state index contributed by atoms with van der Waals surface area (Å²) in [5, 5.41) is 39.2. The van der Waals surface area contributed by atoms with E-state index in [4.69, 9.17) is 64.7 Å². The van der Waals surface area contributed by atoms with Crippen molar-refractivity contribution in [1.82, 2.24) is 49.2 Å². The number of alkyl halides is 2. The summed E-state index contributed by atoms with van der Waals surface area (Å²) >= 11 is 6.01. The van der Waals surface area contributed by atoms with Crippen LogP contribution in [0.5, 0.6) is 23.3 Å². The first-order valence-corrected chi connectivity index (χ1v) is 36.0. The van der Waals surface area contributed by atoms with Crippen LogP contribution in [-0.2, 0) is 42.2 Å². The van der Waals surface area contributed by atoms with Crippen LogP contribution in [0.25, 0.3) is 43.9 Å². The number of anilines is 2. The molecular weight excluding hydrogens is 1410 g/mol. The number of carbonyl (C=O) groups excluding carboxylic acids is 2. The number of esters is 2. The molecule has 0 radical (unpaired) electrons. The Balaban J connectivity index is 0.000000287. The van der Waals surface area contributed by atoms with Crippen molar-refractivity contribution in [1.29, 1.82) is 0 Å². The number of aliphatic hydroxyl groups excluding tert-OH is 1. The number of ether oxygens (including phenoxy) is 6. The van der Waals surface area contributed by atoms with Gasteiger partial charge in [-0.2, -0.15) is 31.4 Å². The van der Waals surface area contributed by atoms with Gasteiger partial charge < -0.3 is 83.6 Å². The smallest absolute Gasteiger partial charge is 1.00 e. The Morgan fingerprint density at radius 1 is 0.683 bits per heavy atom. The average molecular weight is 1500 g/mol. The number of carbonyl (C=O) groups is 2. The van der Waals surface area contributed by atoms with E-state index in [1.807, 2.05) is 90.1 Å². The molecule has 550 valence electrons. The number of rotatable bonds is 23. The number of aliphatic hydroxyl groups is 3. The summed E-state index contributed by atoms with van der Waals surface area (Å²) in [6.07, 6.45) is -3.92. The maximum Gasteiger partial charge on any atom is 2.00 e. The zero-order chi connectivity index (χ0) is 73.0. The van der Waals surface area contributed by atoms with Gasteiger partial charge in [0, 0.05) is 22.0 Å². The van der Waals surface area contributed by atoms with Crippen molar-refractivity contribution in [3.8, 4) is 23.3 Å². The van der Waals surface area contributed by atoms with Gasteiger partial charge in [-0.05, 0) is 75.3 Å². The minimum atomic E-state index is -4.43. The normalized spacial score (nSPS) is 22.1. The van der Waals surface area contributed by atoms with Gasteiger partial charge in [-0.15, -0.1) is 0 Å². The number of benzene rings is 4. The number of unbranched alkanes of at least 4 members (excludes halogenated alkanes) is 1. The zero-order valence-corrected chi connectivity index (χ0v) is 63.4. The number of nitrogen functional groups attached to an aromatic ring is 2. The van der Waals surface area contributed by atoms with E-state index in [0.717, 1.165) is 22.6 Å². The second-order valence-electron chi connectivity index (χ2n) is 26.1. The van der Waals surface area contributed by atoms with E-state index >= 15 is 4.39 Å². The van der Waals surface area contributed by atoms with Gasteiger partial charge in [0.2, 0.25) is 23.7 Å². The second-order valence-corrected chi connectivity index (χ2v) is 30.5. The van der Waals surface area contributed by atoms with Crippen LogP contribution in [0, 0.1) is 17.8 Å². The number of imidazole rings is 2. The third-order valence-electron chi connectivity index (χ3n) is 14.8. The number of hydrogen-bond acceptors (Lipinski definition) is 24. The number of nitrogens with two attached hydrogens (primary N) is 2. The number of nitrogens with zero attached hydrogens (tertiary/aromatic N) is 8. The van der Waals surface area contributed by atoms with Crippen LogP contribution < -0.4 is 52.6 Å². The van der Waals surface area contributed by atoms with Crippen LogP contribution in [0.1, 0.15) is 115 Å². The van der Waals surface area contributed by atoms with Gasteiger partial charge in [-0.25, -0.2) is 33.0 Å². The largest absolute Gasteiger partial charge is 2.00 e. The van der Waals surface area contributed by atoms with E-state index in [0.29, 0.717) is 23.3 Å². The van der Waals surface area contributed by atoms with Crippen molar-refractivity contribution in [2.75, 3.05) is 51.1 Å². The molecule has 12 atom stereocenters. The van der Waals surface area contributed by atoms with E-state index in [-0.39, 0.29) is 112 Å². The Morgan fingerprint density at radius 2 is 1.08 bits per heavy atom. The van der Waals surface area contributed by atoms with Gasteiger partial charge in [-0.3, -0.25) is 23.2 Å². The van der Waals surface area contributed by atoms with Crippen molar-refractivity contribution in [3.63, 3.8) is 0 Å². The molecule has 2 aliphatic rings. The summed E-state index contributed by atoms with van der Waals surface area (Å²) < 4.78 is 110. The van der Waals surface area contributed by atoms with Crippen LogP contribution >= 0.6 is 25.9 Å². The van der Waals surface area contributed by atoms with E-state index in [1.165, 1.54) is 55.9 Å². The molecule has 2 unspecified atom stereocenters. The Hall–Kier alpha value is -6.41. The zero-order valence-electron chi connectivity index (χ0n) is 58.7. The molecule has 101 heavy (non-hydrogen) atoms. The third kappa shape index (κ3) is 22.1. The van der Waals surface area contributed by atoms with Crippen molar-refractivity contribution in [2.24, 2.45) is 10.8 Å². The Morgan fingerprint density at radius 3 is 1.49 bits per heavy atom. The number of halogens is 4. The predicted octanol–water partition coefficient (Wildman–Crippen LogP) is 7.88. The molecule has 0 bridgehead atoms. The van der Waals surface area contributed by atoms with Crippen molar-refractivity contribution < 1.29 is 97.2 Å². The maximum atomic E-state index is 15.9. The molecule has 0 saturated carbocycles. The molecule has 10 rings (SSSR count). The van der Waals surface area contributed by atoms with Crippen LogP contribution in [0.3, 0.4) is 0 Å². The molecule has 2 saturated heterocycles. The van der Waals surface area contributed by atoms with Crippen LogP contribution in [-0.4, -0.2) is 177 Å². The molecule has 8 aromatic rings. The van der Waals surface area contributed by atoms with Gasteiger partial charge >= 0.3 is 49.6 Å². The maximum absolute atomic E-state index is 15.9. The number of hydrogen-bond donors (Lipinski definition) is 7. The molecule has 0 amide bonds. The first kappa shape index (κ1) is 85.2. The average Bonchev–Trinajstić information content (AvgIpc) is 1.60. The van der Waals surface area contributed by atoms with E-state index in [1.54, 1.807) is 50.2 Å². The molecule has 0 aliphatic carbocycles. The summed E-state index contributed by atoms with van der Waals surface area (Å²) in [6.45, 7) is 22.4. The minimum Gasteiger partial charge on any atom is -1.00 e. The summed E-state index contributed by atoms with van der Waals surface area (Å²) in [5.74, 6) is -0.473. The molecule has 2 fully saturated rings. The number of fused-ring (bicyclic) bond motifs is 4. The SMILES string of the molecule is CCOc1nc(N)nc2c1ncn2[C@@H]1O[C@H](CO)[C@@H](F)[C@@]1(C)O.CCOc1nc(N)nc2c1ncn2[C@@H]1O[C@H](COP(=O)(N[C@@H](C)C(=O)OCC(C)(C)C)Oc2cccc3ccccc23)[C@@H](F)[C@@]1(C)O.C[C@H](NP(=O)(Cl)Oc1cccc2ccccc12)C(=O)OCC(C)(C)C.[CH2-]CCC.[Cl-].[Mg+2]. The number of nitrogens with one attached hydrogen (secondary N) is 2. The fraction of sp³-hybridized carbons (Fsp3) is 0.500. The molecule has 4 aromatic heterocycles. The van der Waals surface area contributed by atoms with Gasteiger partial charge in [0.15, 0.2) is 47.1 Å². The van der Waals surface area contributed by atoms with Crippen molar-refractivity contribution in [3.05, 3.63) is 105 Å². The Kier molecular flexibility index (Phi) is 30.7. The summed E-state index contributed by atoms with van der Waals surface area (Å²) in [4.78, 5) is 49.5. The minimum absolute atomic E-state index is 0. The standard InChI is InChI=1S/C31H40FN6O8P.C18H23ClNO4P.C13H18FN5O4.C4H9.ClH.Mg/c1-7-42-26-23-25(35-29(33)36-26)38(17-34-23)28-31(6,40)24(32)22(45-28)15-44-47(41,37-18(2)27(39)43-16-30(3,4)5)46-21-14-10-12-19-11-8-9-13-20(19)21;1-13(17(21)23-12-18(2,3)4)20-25(19,22)24-16-11-7-9-14-8-5-6-10-15(14)16;1-3-22-10-7-9(17-12(15)18-10)19(5-16-7)11-13(2,21)8(14)6(4-20)23-11;1-3-4-2;;/h8-14,17-18,22,24,28,40H,7,15-16H2,1-6H3,(H,37,41)(H2,33,35,36);5-11,13H,12H2,1-4H3,(H,20,22);5-6,8,11,20-21H,3-4H2,1-2H3,(H2,15,17,18);1,3-4H2,2H3;1H;/q;;;-1;;+2/p-1/t18-,22+,24+,28+,31+,47?;13-,25?;6-,8-,11-,13-;;;/m001.../s1. The fourth-order valence-corrected chi connectivity index (χ4v) is 13.1. The van der Waals surface area contributed by atoms with Crippen molar-refractivity contribution in [2.45, 2.75) is 163 Å². The first-order valence-electron chi connectivity index (χ1n) is 32.0. The Labute approximate surface area is 612 Å². The molecule has 28 nitrogen and oxygen atoms in total. The number of aromatic nitrogens is 8. The monoisotopic (exact) mass is 1500 g/mol. The summed E-state index contributed by atoms with van der Waals surface area (Å²) in [7, 11) is -4.43. The summed E-state index contributed by atoms with van der Waals surface area (Å²) in [5.41, 5.74) is 8.05. The van der Waals surface area contributed by atoms with E-state index in [2.05, 4.69) is 53.9 Å². The van der Waals surface area contributed by atoms with Crippen molar-refractivity contribution >= 4 is 117 Å². The van der Waals surface area contributed by atoms with Gasteiger partial charge in [0.25, 0.3) is 0 Å². The Bertz CT molecular complexity index is 4140. The summed E-state index contributed by atoms with van der Waals surface area (Å²) in [6, 6.07) is 23.3. The van der Waals surface area contributed by atoms with Crippen LogP contribution in [0.15, 0.2) is 97.6 Å². The molecule has 9 N–H and O–H groups in total. The van der Waals surface area contributed by atoms with Crippen LogP contribution in [0.2, 0.25) is 0 Å². The van der Waals surface area contributed by atoms with Gasteiger partial charge in [-0.1, -0.05) is 128 Å².